The van der Waals surface area contributed by atoms with Crippen LogP contribution in [0.15, 0.2) is 42.9 Å². The zero-order valence-corrected chi connectivity index (χ0v) is 16.8. The molecule has 2 aliphatic rings. The van der Waals surface area contributed by atoms with E-state index in [0.29, 0.717) is 24.0 Å². The van der Waals surface area contributed by atoms with Crippen LogP contribution in [-0.4, -0.2) is 52.4 Å². The number of nitrogens with zero attached hydrogens (tertiary/aromatic N) is 4. The van der Waals surface area contributed by atoms with E-state index in [2.05, 4.69) is 44.6 Å². The molecule has 2 fully saturated rings. The molecule has 2 unspecified atom stereocenters. The minimum Gasteiger partial charge on any atom is -0.481 e. The number of methoxy groups -OCH3 is 1. The molecule has 2 saturated heterocycles. The van der Waals surface area contributed by atoms with E-state index < -0.39 is 0 Å². The van der Waals surface area contributed by atoms with Crippen molar-refractivity contribution in [3.8, 4) is 28.3 Å². The van der Waals surface area contributed by atoms with Crippen LogP contribution in [0.4, 0.5) is 5.82 Å². The summed E-state index contributed by atoms with van der Waals surface area (Å²) in [6.07, 6.45) is 10.5. The number of rotatable bonds is 5. The standard InChI is InChI=1S/C22H26N6O/c1-28(18-9-16-4-5-17(10-18)26-16)21-8-3-14(11-23-21)20-7-6-19(22(27-20)29-2)15-12-24-25-13-15/h3,6-8,11-13,16-18,26H,4-5,9-10H2,1-2H3,(H,24,25). The molecule has 2 atom stereocenters. The van der Waals surface area contributed by atoms with Gasteiger partial charge in [-0.1, -0.05) is 0 Å². The predicted octanol–water partition coefficient (Wildman–Crippen LogP) is 3.26. The predicted molar refractivity (Wildman–Crippen MR) is 113 cm³/mol. The molecule has 0 saturated carbocycles. The van der Waals surface area contributed by atoms with E-state index in [-0.39, 0.29) is 0 Å². The van der Waals surface area contributed by atoms with E-state index in [0.717, 1.165) is 28.2 Å². The van der Waals surface area contributed by atoms with Gasteiger partial charge >= 0.3 is 0 Å². The minimum atomic E-state index is 0.555. The fraction of sp³-hybridized carbons (Fsp3) is 0.409. The first-order valence-electron chi connectivity index (χ1n) is 10.2. The number of piperidine rings is 1. The Balaban J connectivity index is 1.36. The van der Waals surface area contributed by atoms with Gasteiger partial charge in [0.1, 0.15) is 5.82 Å². The summed E-state index contributed by atoms with van der Waals surface area (Å²) in [6, 6.07) is 10.1. The van der Waals surface area contributed by atoms with Gasteiger partial charge in [0.25, 0.3) is 0 Å². The van der Waals surface area contributed by atoms with Crippen LogP contribution in [0.5, 0.6) is 5.88 Å². The van der Waals surface area contributed by atoms with Crippen molar-refractivity contribution in [1.29, 1.82) is 0 Å². The molecular formula is C22H26N6O. The first-order chi connectivity index (χ1) is 14.2. The monoisotopic (exact) mass is 390 g/mol. The summed E-state index contributed by atoms with van der Waals surface area (Å²) in [5.41, 5.74) is 3.68. The van der Waals surface area contributed by atoms with Crippen LogP contribution < -0.4 is 15.0 Å². The third kappa shape index (κ3) is 3.46. The molecule has 150 valence electrons. The van der Waals surface area contributed by atoms with Crippen molar-refractivity contribution >= 4 is 5.82 Å². The van der Waals surface area contributed by atoms with Crippen LogP contribution in [0, 0.1) is 0 Å². The third-order valence-corrected chi connectivity index (χ3v) is 6.26. The van der Waals surface area contributed by atoms with Gasteiger partial charge in [-0.2, -0.15) is 5.10 Å². The summed E-state index contributed by atoms with van der Waals surface area (Å²) in [7, 11) is 3.80. The first kappa shape index (κ1) is 18.1. The Morgan fingerprint density at radius 1 is 1.03 bits per heavy atom. The fourth-order valence-electron chi connectivity index (χ4n) is 4.65. The number of hydrogen-bond donors (Lipinski definition) is 2. The molecule has 0 amide bonds. The maximum absolute atomic E-state index is 5.51. The molecule has 2 N–H and O–H groups in total. The zero-order valence-electron chi connectivity index (χ0n) is 16.8. The Labute approximate surface area is 170 Å². The zero-order chi connectivity index (χ0) is 19.8. The maximum atomic E-state index is 5.51. The number of pyridine rings is 2. The summed E-state index contributed by atoms with van der Waals surface area (Å²) in [5, 5.41) is 10.5. The molecule has 0 spiro atoms. The summed E-state index contributed by atoms with van der Waals surface area (Å²) >= 11 is 0. The first-order valence-corrected chi connectivity index (χ1v) is 10.2. The van der Waals surface area contributed by atoms with Crippen molar-refractivity contribution in [1.82, 2.24) is 25.5 Å². The van der Waals surface area contributed by atoms with Gasteiger partial charge in [0, 0.05) is 54.3 Å². The lowest BCUT2D eigenvalue weighted by molar-refractivity contribution is 0.354. The van der Waals surface area contributed by atoms with E-state index in [1.54, 1.807) is 13.3 Å². The number of hydrogen-bond acceptors (Lipinski definition) is 6. The Morgan fingerprint density at radius 2 is 1.86 bits per heavy atom. The molecule has 5 heterocycles. The summed E-state index contributed by atoms with van der Waals surface area (Å²) in [6.45, 7) is 0. The van der Waals surface area contributed by atoms with Crippen LogP contribution in [0.2, 0.25) is 0 Å². The topological polar surface area (TPSA) is 79.0 Å². The van der Waals surface area contributed by atoms with Gasteiger partial charge in [-0.15, -0.1) is 0 Å². The Kier molecular flexibility index (Phi) is 4.67. The third-order valence-electron chi connectivity index (χ3n) is 6.26. The van der Waals surface area contributed by atoms with E-state index in [9.17, 15) is 0 Å². The lowest BCUT2D eigenvalue weighted by atomic mass is 9.98. The largest absolute Gasteiger partial charge is 0.481 e. The average Bonchev–Trinajstić information content (AvgIpc) is 3.42. The second-order valence-corrected chi connectivity index (χ2v) is 8.02. The molecule has 0 aliphatic carbocycles. The highest BCUT2D eigenvalue weighted by atomic mass is 16.5. The summed E-state index contributed by atoms with van der Waals surface area (Å²) < 4.78 is 5.51. The molecular weight excluding hydrogens is 364 g/mol. The number of H-pyrrole nitrogens is 1. The van der Waals surface area contributed by atoms with Gasteiger partial charge in [0.2, 0.25) is 5.88 Å². The van der Waals surface area contributed by atoms with Gasteiger partial charge in [-0.25, -0.2) is 9.97 Å². The molecule has 2 aliphatic heterocycles. The van der Waals surface area contributed by atoms with Crippen molar-refractivity contribution in [2.45, 2.75) is 43.8 Å². The normalized spacial score (nSPS) is 23.2. The van der Waals surface area contributed by atoms with Crippen LogP contribution in [0.1, 0.15) is 25.7 Å². The van der Waals surface area contributed by atoms with Crippen molar-refractivity contribution in [2.75, 3.05) is 19.1 Å². The van der Waals surface area contributed by atoms with Crippen molar-refractivity contribution in [2.24, 2.45) is 0 Å². The van der Waals surface area contributed by atoms with Gasteiger partial charge in [-0.05, 0) is 49.9 Å². The van der Waals surface area contributed by atoms with Gasteiger partial charge < -0.3 is 15.0 Å². The molecule has 29 heavy (non-hydrogen) atoms. The molecule has 3 aromatic heterocycles. The van der Waals surface area contributed by atoms with Crippen molar-refractivity contribution in [3.05, 3.63) is 42.9 Å². The number of fused-ring (bicyclic) bond motifs is 2. The number of aromatic amines is 1. The highest BCUT2D eigenvalue weighted by Crippen LogP contribution is 2.33. The Bertz CT molecular complexity index is 959. The molecule has 2 bridgehead atoms. The number of nitrogens with one attached hydrogen (secondary N) is 2. The van der Waals surface area contributed by atoms with E-state index in [4.69, 9.17) is 9.72 Å². The number of anilines is 1. The van der Waals surface area contributed by atoms with E-state index in [1.165, 1.54) is 25.7 Å². The maximum Gasteiger partial charge on any atom is 0.221 e. The smallest absolute Gasteiger partial charge is 0.221 e. The molecule has 0 aromatic carbocycles. The van der Waals surface area contributed by atoms with Gasteiger partial charge in [-0.3, -0.25) is 5.10 Å². The lowest BCUT2D eigenvalue weighted by Gasteiger charge is -2.36. The SMILES string of the molecule is COc1nc(-c2ccc(N(C)C3CC4CCC(C3)N4)nc2)ccc1-c1cn[nH]c1. The molecule has 7 heteroatoms. The second-order valence-electron chi connectivity index (χ2n) is 8.02. The molecule has 0 radical (unpaired) electrons. The van der Waals surface area contributed by atoms with E-state index >= 15 is 0 Å². The van der Waals surface area contributed by atoms with Crippen LogP contribution in [0.25, 0.3) is 22.4 Å². The highest BCUT2D eigenvalue weighted by molar-refractivity contribution is 5.71. The number of aromatic nitrogens is 4. The van der Waals surface area contributed by atoms with Gasteiger partial charge in [0.15, 0.2) is 0 Å². The van der Waals surface area contributed by atoms with Gasteiger partial charge in [0.05, 0.1) is 19.0 Å². The Hall–Kier alpha value is -2.93. The van der Waals surface area contributed by atoms with Crippen LogP contribution in [-0.2, 0) is 0 Å². The van der Waals surface area contributed by atoms with Crippen molar-refractivity contribution in [3.63, 3.8) is 0 Å². The molecule has 7 nitrogen and oxygen atoms in total. The molecule has 5 rings (SSSR count). The molecule has 3 aromatic rings. The lowest BCUT2D eigenvalue weighted by Crippen LogP contribution is -2.47. The highest BCUT2D eigenvalue weighted by Gasteiger charge is 2.35. The average molecular weight is 390 g/mol. The Morgan fingerprint density at radius 3 is 2.52 bits per heavy atom. The minimum absolute atomic E-state index is 0.555. The second kappa shape index (κ2) is 7.48. The fourth-order valence-corrected chi connectivity index (χ4v) is 4.65. The number of ether oxygens (including phenoxy) is 1. The van der Waals surface area contributed by atoms with Crippen LogP contribution >= 0.6 is 0 Å². The van der Waals surface area contributed by atoms with Crippen LogP contribution in [0.3, 0.4) is 0 Å². The van der Waals surface area contributed by atoms with Crippen molar-refractivity contribution < 1.29 is 4.74 Å². The summed E-state index contributed by atoms with van der Waals surface area (Å²) in [5.74, 6) is 1.59. The summed E-state index contributed by atoms with van der Waals surface area (Å²) in [4.78, 5) is 11.8. The van der Waals surface area contributed by atoms with E-state index in [1.807, 2.05) is 24.5 Å². The quantitative estimate of drug-likeness (QED) is 0.696.